The lowest BCUT2D eigenvalue weighted by molar-refractivity contribution is -0.133. The van der Waals surface area contributed by atoms with Crippen molar-refractivity contribution in [3.8, 4) is 0 Å². The number of ether oxygens (including phenoxy) is 1. The van der Waals surface area contributed by atoms with E-state index in [1.807, 2.05) is 24.3 Å². The fourth-order valence-corrected chi connectivity index (χ4v) is 5.61. The van der Waals surface area contributed by atoms with E-state index in [1.165, 1.54) is 23.5 Å². The summed E-state index contributed by atoms with van der Waals surface area (Å²) in [5.41, 5.74) is 2.04. The quantitative estimate of drug-likeness (QED) is 0.309. The zero-order valence-corrected chi connectivity index (χ0v) is 18.7. The van der Waals surface area contributed by atoms with Crippen LogP contribution in [0.2, 0.25) is 0 Å². The monoisotopic (exact) mass is 454 g/mol. The van der Waals surface area contributed by atoms with Gasteiger partial charge < -0.3 is 20.1 Å². The molecule has 1 aromatic carbocycles. The number of hydrogen-bond acceptors (Lipinski definition) is 7. The average molecular weight is 455 g/mol. The van der Waals surface area contributed by atoms with Crippen molar-refractivity contribution in [2.45, 2.75) is 43.3 Å². The number of thioether (sulfide) groups is 2. The van der Waals surface area contributed by atoms with Crippen LogP contribution in [-0.2, 0) is 27.4 Å². The Morgan fingerprint density at radius 2 is 2.10 bits per heavy atom. The molecule has 0 radical (unpaired) electrons. The highest BCUT2D eigenvalue weighted by atomic mass is 32.2. The number of Topliss-reactive ketones (excluding diaryl/α,β-unsaturated/α-hetero) is 1. The Bertz CT molecular complexity index is 723. The smallest absolute Gasteiger partial charge is 0.313 e. The third-order valence-corrected chi connectivity index (χ3v) is 7.27. The largest absolute Gasteiger partial charge is 0.481 e. The molecular weight excluding hydrogens is 424 g/mol. The van der Waals surface area contributed by atoms with Gasteiger partial charge in [-0.15, -0.1) is 11.8 Å². The number of ketones is 1. The van der Waals surface area contributed by atoms with Gasteiger partial charge in [-0.2, -0.15) is 11.8 Å². The lowest BCUT2D eigenvalue weighted by Crippen LogP contribution is -2.22. The van der Waals surface area contributed by atoms with E-state index in [-0.39, 0.29) is 29.1 Å². The van der Waals surface area contributed by atoms with E-state index >= 15 is 0 Å². The summed E-state index contributed by atoms with van der Waals surface area (Å²) in [5.74, 6) is 0.435. The molecule has 0 amide bonds. The molecule has 1 aliphatic carbocycles. The van der Waals surface area contributed by atoms with Gasteiger partial charge in [-0.3, -0.25) is 9.59 Å². The summed E-state index contributed by atoms with van der Waals surface area (Å²) >= 11 is 2.87. The molecule has 1 saturated carbocycles. The maximum Gasteiger partial charge on any atom is 0.313 e. The molecule has 0 spiro atoms. The molecule has 4 atom stereocenters. The van der Waals surface area contributed by atoms with Gasteiger partial charge in [0.05, 0.1) is 29.8 Å². The maximum atomic E-state index is 12.3. The van der Waals surface area contributed by atoms with E-state index in [4.69, 9.17) is 9.84 Å². The first kappa shape index (κ1) is 24.9. The number of aliphatic carboxylic acids is 1. The molecule has 6 nitrogen and oxygen atoms in total. The Balaban J connectivity index is 1.85. The van der Waals surface area contributed by atoms with Crippen LogP contribution < -0.4 is 0 Å². The van der Waals surface area contributed by atoms with Crippen LogP contribution in [0.3, 0.4) is 0 Å². The van der Waals surface area contributed by atoms with Crippen LogP contribution in [-0.4, -0.2) is 68.9 Å². The molecule has 166 valence electrons. The third-order valence-electron chi connectivity index (χ3n) is 4.78. The molecular formula is C22H30O6S2. The van der Waals surface area contributed by atoms with Gasteiger partial charge in [0.1, 0.15) is 5.78 Å². The van der Waals surface area contributed by atoms with Crippen LogP contribution in [0.1, 0.15) is 24.0 Å². The SMILES string of the molecule is COCc1cccc(C[C@H](O)C=C[C@H]2[C@H](O)CC(=O)[C@@H]2SCCCSCC(=O)O)c1. The minimum Gasteiger partial charge on any atom is -0.481 e. The molecule has 0 bridgehead atoms. The van der Waals surface area contributed by atoms with Crippen molar-refractivity contribution in [2.75, 3.05) is 24.4 Å². The lowest BCUT2D eigenvalue weighted by Gasteiger charge is -2.17. The lowest BCUT2D eigenvalue weighted by atomic mass is 10.0. The summed E-state index contributed by atoms with van der Waals surface area (Å²) in [6.07, 6.45) is 3.40. The predicted molar refractivity (Wildman–Crippen MR) is 121 cm³/mol. The topological polar surface area (TPSA) is 104 Å². The van der Waals surface area contributed by atoms with Crippen LogP contribution in [0.15, 0.2) is 36.4 Å². The van der Waals surface area contributed by atoms with Crippen LogP contribution in [0.4, 0.5) is 0 Å². The molecule has 0 unspecified atom stereocenters. The van der Waals surface area contributed by atoms with Gasteiger partial charge in [-0.05, 0) is 29.1 Å². The highest BCUT2D eigenvalue weighted by molar-refractivity contribution is 8.01. The highest BCUT2D eigenvalue weighted by Crippen LogP contribution is 2.34. The van der Waals surface area contributed by atoms with Gasteiger partial charge >= 0.3 is 5.97 Å². The van der Waals surface area contributed by atoms with Crippen molar-refractivity contribution in [3.63, 3.8) is 0 Å². The second-order valence-electron chi connectivity index (χ2n) is 7.32. The van der Waals surface area contributed by atoms with Crippen molar-refractivity contribution < 1.29 is 29.6 Å². The minimum atomic E-state index is -0.823. The number of carbonyl (C=O) groups is 2. The molecule has 3 N–H and O–H groups in total. The minimum absolute atomic E-state index is 0.0297. The highest BCUT2D eigenvalue weighted by Gasteiger charge is 2.40. The Hall–Kier alpha value is -1.32. The molecule has 1 aliphatic rings. The summed E-state index contributed by atoms with van der Waals surface area (Å²) in [4.78, 5) is 22.8. The predicted octanol–water partition coefficient (Wildman–Crippen LogP) is 2.55. The van der Waals surface area contributed by atoms with Crippen LogP contribution in [0, 0.1) is 5.92 Å². The third kappa shape index (κ3) is 8.43. The molecule has 8 heteroatoms. The van der Waals surface area contributed by atoms with Crippen LogP contribution in [0.25, 0.3) is 0 Å². The second-order valence-corrected chi connectivity index (χ2v) is 9.67. The van der Waals surface area contributed by atoms with Crippen molar-refractivity contribution in [2.24, 2.45) is 5.92 Å². The molecule has 0 heterocycles. The molecule has 0 aliphatic heterocycles. The number of aliphatic hydroxyl groups excluding tert-OH is 2. The Kier molecular flexibility index (Phi) is 11.0. The van der Waals surface area contributed by atoms with Crippen molar-refractivity contribution in [3.05, 3.63) is 47.5 Å². The van der Waals surface area contributed by atoms with Crippen molar-refractivity contribution in [1.82, 2.24) is 0 Å². The average Bonchev–Trinajstić information content (AvgIpc) is 2.95. The van der Waals surface area contributed by atoms with Crippen molar-refractivity contribution >= 4 is 35.3 Å². The van der Waals surface area contributed by atoms with E-state index < -0.39 is 18.2 Å². The van der Waals surface area contributed by atoms with E-state index in [2.05, 4.69) is 0 Å². The maximum absolute atomic E-state index is 12.3. The fraction of sp³-hybridized carbons (Fsp3) is 0.545. The standard InChI is InChI=1S/C22H30O6S2/c1-28-13-16-5-2-4-15(10-16)11-17(23)6-7-18-19(24)12-20(25)22(18)30-9-3-8-29-14-21(26)27/h2,4-7,10,17-19,22-24H,3,8-9,11-14H2,1H3,(H,26,27)/t17-,18+,19-,22-/m1/s1. The van der Waals surface area contributed by atoms with Crippen molar-refractivity contribution in [1.29, 1.82) is 0 Å². The fourth-order valence-electron chi connectivity index (χ4n) is 3.42. The Labute approximate surface area is 186 Å². The van der Waals surface area contributed by atoms with Crippen LogP contribution >= 0.6 is 23.5 Å². The van der Waals surface area contributed by atoms with Gasteiger partial charge in [-0.25, -0.2) is 0 Å². The van der Waals surface area contributed by atoms with E-state index in [0.29, 0.717) is 13.0 Å². The zero-order chi connectivity index (χ0) is 21.9. The number of carboxylic acids is 1. The van der Waals surface area contributed by atoms with Gasteiger partial charge in [0.15, 0.2) is 0 Å². The summed E-state index contributed by atoms with van der Waals surface area (Å²) in [5, 5.41) is 29.0. The molecule has 0 aromatic heterocycles. The number of hydrogen-bond donors (Lipinski definition) is 3. The number of methoxy groups -OCH3 is 1. The molecule has 1 fully saturated rings. The normalized spacial score (nSPS) is 22.6. The first-order chi connectivity index (χ1) is 14.4. The van der Waals surface area contributed by atoms with E-state index in [9.17, 15) is 19.8 Å². The Morgan fingerprint density at radius 1 is 1.33 bits per heavy atom. The van der Waals surface area contributed by atoms with Gasteiger partial charge in [-0.1, -0.05) is 36.4 Å². The second kappa shape index (κ2) is 13.2. The first-order valence-corrected chi connectivity index (χ1v) is 12.2. The van der Waals surface area contributed by atoms with Gasteiger partial charge in [0.25, 0.3) is 0 Å². The van der Waals surface area contributed by atoms with Gasteiger partial charge in [0, 0.05) is 25.9 Å². The van der Waals surface area contributed by atoms with Crippen LogP contribution in [0.5, 0.6) is 0 Å². The zero-order valence-electron chi connectivity index (χ0n) is 17.1. The van der Waals surface area contributed by atoms with E-state index in [0.717, 1.165) is 29.1 Å². The summed E-state index contributed by atoms with van der Waals surface area (Å²) in [7, 11) is 1.64. The number of carbonyl (C=O) groups excluding carboxylic acids is 1. The number of benzene rings is 1. The molecule has 0 saturated heterocycles. The summed E-state index contributed by atoms with van der Waals surface area (Å²) in [6.45, 7) is 0.518. The molecule has 2 rings (SSSR count). The number of aliphatic hydroxyl groups is 2. The molecule has 1 aromatic rings. The Morgan fingerprint density at radius 3 is 2.83 bits per heavy atom. The van der Waals surface area contributed by atoms with E-state index in [1.54, 1.807) is 19.3 Å². The number of rotatable bonds is 13. The summed E-state index contributed by atoms with van der Waals surface area (Å²) in [6, 6.07) is 7.85. The number of carboxylic acid groups (broad SMARTS) is 1. The summed E-state index contributed by atoms with van der Waals surface area (Å²) < 4.78 is 5.13. The molecule has 30 heavy (non-hydrogen) atoms. The first-order valence-electron chi connectivity index (χ1n) is 9.95. The van der Waals surface area contributed by atoms with Gasteiger partial charge in [0.2, 0.25) is 0 Å².